The number of hydrogen-bond acceptors (Lipinski definition) is 5. The molecule has 3 rings (SSSR count). The predicted molar refractivity (Wildman–Crippen MR) is 116 cm³/mol. The Morgan fingerprint density at radius 2 is 2.06 bits per heavy atom. The summed E-state index contributed by atoms with van der Waals surface area (Å²) in [6, 6.07) is 11.5. The van der Waals surface area contributed by atoms with Crippen LogP contribution in [0.3, 0.4) is 0 Å². The number of fused-ring (bicyclic) bond motifs is 1. The van der Waals surface area contributed by atoms with Crippen LogP contribution in [0.5, 0.6) is 0 Å². The minimum Gasteiger partial charge on any atom is -0.394 e. The van der Waals surface area contributed by atoms with Gasteiger partial charge in [-0.15, -0.1) is 0 Å². The summed E-state index contributed by atoms with van der Waals surface area (Å²) >= 11 is 0. The Morgan fingerprint density at radius 3 is 2.66 bits per heavy atom. The number of ketones is 1. The molecule has 2 N–H and O–H groups in total. The molecule has 0 bridgehead atoms. The number of aliphatic hydroxyl groups is 2. The van der Waals surface area contributed by atoms with Crippen molar-refractivity contribution in [3.8, 4) is 6.07 Å². The Morgan fingerprint density at radius 1 is 1.31 bits per heavy atom. The van der Waals surface area contributed by atoms with Gasteiger partial charge < -0.3 is 15.1 Å². The fourth-order valence-electron chi connectivity index (χ4n) is 4.17. The van der Waals surface area contributed by atoms with E-state index in [9.17, 15) is 28.3 Å². The van der Waals surface area contributed by atoms with Gasteiger partial charge in [-0.3, -0.25) is 4.79 Å². The van der Waals surface area contributed by atoms with Crippen molar-refractivity contribution >= 4 is 27.8 Å². The van der Waals surface area contributed by atoms with Crippen LogP contribution in [0.25, 0.3) is 16.3 Å². The number of alkyl halides is 3. The van der Waals surface area contributed by atoms with Crippen LogP contribution >= 0.6 is 0 Å². The number of rotatable bonds is 7. The number of aliphatic hydroxyl groups excluding tert-OH is 2. The molecule has 1 heterocycles. The fraction of sp³-hybridized carbons (Fsp3) is 0.417. The highest BCUT2D eigenvalue weighted by Crippen LogP contribution is 2.40. The third kappa shape index (κ3) is 4.95. The average Bonchev–Trinajstić information content (AvgIpc) is 3.19. The van der Waals surface area contributed by atoms with Crippen molar-refractivity contribution in [1.29, 1.82) is 5.26 Å². The van der Waals surface area contributed by atoms with Crippen LogP contribution in [0.2, 0.25) is 0 Å². The number of carbonyl (C=O) groups is 1. The first-order valence-corrected chi connectivity index (χ1v) is 10.5. The number of benzene rings is 2. The largest absolute Gasteiger partial charge is 0.418 e. The average molecular weight is 446 g/mol. The maximum absolute atomic E-state index is 14.1. The zero-order chi connectivity index (χ0) is 23.5. The molecule has 1 aliphatic heterocycles. The molecule has 0 amide bonds. The molecular weight excluding hydrogens is 421 g/mol. The van der Waals surface area contributed by atoms with Crippen LogP contribution in [-0.2, 0) is 4.79 Å². The van der Waals surface area contributed by atoms with Gasteiger partial charge in [0.2, 0.25) is 0 Å². The summed E-state index contributed by atoms with van der Waals surface area (Å²) in [6.07, 6.45) is -4.89. The second kappa shape index (κ2) is 9.72. The number of halogens is 3. The van der Waals surface area contributed by atoms with Crippen molar-refractivity contribution in [2.45, 2.75) is 50.9 Å². The van der Waals surface area contributed by atoms with Crippen molar-refractivity contribution in [3.05, 3.63) is 47.5 Å². The highest BCUT2D eigenvalue weighted by Gasteiger charge is 2.39. The molecule has 2 aromatic rings. The van der Waals surface area contributed by atoms with Gasteiger partial charge in [-0.1, -0.05) is 24.3 Å². The second-order valence-electron chi connectivity index (χ2n) is 8.06. The number of nitriles is 1. The van der Waals surface area contributed by atoms with Crippen LogP contribution in [0.15, 0.2) is 42.0 Å². The standard InChI is InChI=1S/C24H25F3N2O3/c1-15-4-3-11-29(15)21-6-2-5-16-7-8-17(12-19(16)21)23(24(25,26)27)20(13-28)22(32)10-9-18(31)14-30/h2,5-8,12,15,18,30-31H,3-4,9-11,14H2,1H3/b23-20-. The normalized spacial score (nSPS) is 18.4. The van der Waals surface area contributed by atoms with Crippen LogP contribution < -0.4 is 4.90 Å². The first-order valence-electron chi connectivity index (χ1n) is 10.5. The van der Waals surface area contributed by atoms with Crippen molar-refractivity contribution in [2.24, 2.45) is 0 Å². The molecule has 0 radical (unpaired) electrons. The van der Waals surface area contributed by atoms with E-state index in [0.29, 0.717) is 5.39 Å². The van der Waals surface area contributed by atoms with E-state index in [1.54, 1.807) is 6.07 Å². The van der Waals surface area contributed by atoms with Crippen LogP contribution in [0.1, 0.15) is 38.2 Å². The lowest BCUT2D eigenvalue weighted by molar-refractivity contribution is -0.116. The molecule has 0 aromatic heterocycles. The van der Waals surface area contributed by atoms with Gasteiger partial charge in [-0.2, -0.15) is 18.4 Å². The summed E-state index contributed by atoms with van der Waals surface area (Å²) in [6.45, 7) is 2.26. The molecule has 1 fully saturated rings. The SMILES string of the molecule is CC1CCCN1c1cccc2ccc(/C(=C(\C#N)C(=O)CCC(O)CO)C(F)(F)F)cc12. The minimum atomic E-state index is -4.93. The molecule has 0 spiro atoms. The van der Waals surface area contributed by atoms with Gasteiger partial charge in [-0.25, -0.2) is 0 Å². The van der Waals surface area contributed by atoms with E-state index in [1.165, 1.54) is 18.2 Å². The lowest BCUT2D eigenvalue weighted by atomic mass is 9.93. The van der Waals surface area contributed by atoms with Crippen molar-refractivity contribution in [2.75, 3.05) is 18.1 Å². The Kier molecular flexibility index (Phi) is 7.22. The summed E-state index contributed by atoms with van der Waals surface area (Å²) in [5, 5.41) is 29.1. The molecular formula is C24H25F3N2O3. The number of hydrogen-bond donors (Lipinski definition) is 2. The number of carbonyl (C=O) groups excluding carboxylic acids is 1. The topological polar surface area (TPSA) is 84.6 Å². The van der Waals surface area contributed by atoms with E-state index in [0.717, 1.165) is 30.5 Å². The molecule has 2 atom stereocenters. The molecule has 0 saturated carbocycles. The first-order chi connectivity index (χ1) is 15.2. The molecule has 5 nitrogen and oxygen atoms in total. The molecule has 8 heteroatoms. The summed E-state index contributed by atoms with van der Waals surface area (Å²) < 4.78 is 42.2. The number of allylic oxidation sites excluding steroid dienone is 2. The summed E-state index contributed by atoms with van der Waals surface area (Å²) in [5.41, 5.74) is -1.70. The van der Waals surface area contributed by atoms with Crippen LogP contribution in [-0.4, -0.2) is 47.5 Å². The lowest BCUT2D eigenvalue weighted by Crippen LogP contribution is -2.26. The fourth-order valence-corrected chi connectivity index (χ4v) is 4.17. The smallest absolute Gasteiger partial charge is 0.394 e. The zero-order valence-electron chi connectivity index (χ0n) is 17.7. The van der Waals surface area contributed by atoms with Crippen molar-refractivity contribution in [1.82, 2.24) is 0 Å². The first kappa shape index (κ1) is 23.8. The Bertz CT molecular complexity index is 1070. The van der Waals surface area contributed by atoms with Gasteiger partial charge in [0, 0.05) is 30.1 Å². The van der Waals surface area contributed by atoms with Gasteiger partial charge in [0.15, 0.2) is 5.78 Å². The minimum absolute atomic E-state index is 0.236. The number of nitrogens with zero attached hydrogens (tertiary/aromatic N) is 2. The summed E-state index contributed by atoms with van der Waals surface area (Å²) in [7, 11) is 0. The Labute approximate surface area is 184 Å². The van der Waals surface area contributed by atoms with Crippen molar-refractivity contribution in [3.63, 3.8) is 0 Å². The quantitative estimate of drug-likeness (QED) is 0.487. The molecule has 2 unspecified atom stereocenters. The van der Waals surface area contributed by atoms with E-state index in [1.807, 2.05) is 18.2 Å². The summed E-state index contributed by atoms with van der Waals surface area (Å²) in [5.74, 6) is -1.02. The highest BCUT2D eigenvalue weighted by atomic mass is 19.4. The second-order valence-corrected chi connectivity index (χ2v) is 8.06. The predicted octanol–water partition coefficient (Wildman–Crippen LogP) is 4.37. The molecule has 0 aliphatic carbocycles. The maximum Gasteiger partial charge on any atom is 0.418 e. The van der Waals surface area contributed by atoms with Crippen molar-refractivity contribution < 1.29 is 28.2 Å². The third-order valence-corrected chi connectivity index (χ3v) is 5.85. The van der Waals surface area contributed by atoms with Gasteiger partial charge in [0.25, 0.3) is 0 Å². The van der Waals surface area contributed by atoms with E-state index in [2.05, 4.69) is 11.8 Å². The molecule has 2 aromatic carbocycles. The molecule has 1 saturated heterocycles. The van der Waals surface area contributed by atoms with E-state index < -0.39 is 42.2 Å². The number of anilines is 1. The maximum atomic E-state index is 14.1. The van der Waals surface area contributed by atoms with Crippen LogP contribution in [0.4, 0.5) is 18.9 Å². The molecule has 170 valence electrons. The number of Topliss-reactive ketones (excluding diaryl/α,β-unsaturated/α-hetero) is 1. The Hall–Kier alpha value is -2.89. The monoisotopic (exact) mass is 446 g/mol. The zero-order valence-corrected chi connectivity index (χ0v) is 17.7. The molecule has 1 aliphatic rings. The van der Waals surface area contributed by atoms with E-state index in [-0.39, 0.29) is 18.0 Å². The molecule has 32 heavy (non-hydrogen) atoms. The summed E-state index contributed by atoms with van der Waals surface area (Å²) in [4.78, 5) is 14.6. The van der Waals surface area contributed by atoms with Gasteiger partial charge in [0.05, 0.1) is 18.3 Å². The van der Waals surface area contributed by atoms with Gasteiger partial charge in [-0.05, 0) is 49.3 Å². The van der Waals surface area contributed by atoms with Gasteiger partial charge in [0.1, 0.15) is 11.6 Å². The lowest BCUT2D eigenvalue weighted by Gasteiger charge is -2.26. The highest BCUT2D eigenvalue weighted by molar-refractivity contribution is 6.08. The van der Waals surface area contributed by atoms with E-state index >= 15 is 0 Å². The third-order valence-electron chi connectivity index (χ3n) is 5.85. The Balaban J connectivity index is 2.14. The van der Waals surface area contributed by atoms with Gasteiger partial charge >= 0.3 is 6.18 Å². The van der Waals surface area contributed by atoms with Crippen LogP contribution in [0, 0.1) is 11.3 Å². The van der Waals surface area contributed by atoms with E-state index in [4.69, 9.17) is 5.11 Å².